The number of hydrogen-bond donors (Lipinski definition) is 2. The average molecular weight is 349 g/mol. The van der Waals surface area contributed by atoms with Gasteiger partial charge in [-0.05, 0) is 51.9 Å². The van der Waals surface area contributed by atoms with Crippen molar-refractivity contribution < 1.29 is 4.74 Å². The first-order valence-electron chi connectivity index (χ1n) is 9.45. The molecule has 142 valence electrons. The van der Waals surface area contributed by atoms with Crippen LogP contribution in [-0.4, -0.2) is 57.3 Å². The van der Waals surface area contributed by atoms with Crippen LogP contribution in [-0.2, 0) is 17.7 Å². The van der Waals surface area contributed by atoms with Gasteiger partial charge in [-0.2, -0.15) is 0 Å². The fraction of sp³-hybridized carbons (Fsp3) is 0.650. The van der Waals surface area contributed by atoms with Crippen LogP contribution in [0.1, 0.15) is 38.3 Å². The molecule has 0 radical (unpaired) electrons. The van der Waals surface area contributed by atoms with E-state index >= 15 is 0 Å². The number of nitrogens with one attached hydrogen (secondary N) is 2. The summed E-state index contributed by atoms with van der Waals surface area (Å²) in [5, 5.41) is 6.76. The Kier molecular flexibility index (Phi) is 10.9. The second-order valence-corrected chi connectivity index (χ2v) is 6.37. The highest BCUT2D eigenvalue weighted by atomic mass is 16.5. The molecular weight excluding hydrogens is 312 g/mol. The van der Waals surface area contributed by atoms with Crippen LogP contribution in [0.15, 0.2) is 29.3 Å². The molecule has 1 unspecified atom stereocenters. The standard InChI is InChI=1S/C20H36N4O/c1-6-17-11-9-10-12-18(17)15-22-20(21-7-2)23-16-19(25-8-3)13-14-24(4)5/h9-12,19H,6-8,13-16H2,1-5H3,(H2,21,22,23). The first kappa shape index (κ1) is 21.5. The van der Waals surface area contributed by atoms with Gasteiger partial charge in [-0.15, -0.1) is 0 Å². The third kappa shape index (κ3) is 8.89. The van der Waals surface area contributed by atoms with Crippen LogP contribution in [0.3, 0.4) is 0 Å². The van der Waals surface area contributed by atoms with E-state index in [1.165, 1.54) is 11.1 Å². The molecule has 1 rings (SSSR count). The highest BCUT2D eigenvalue weighted by Crippen LogP contribution is 2.10. The lowest BCUT2D eigenvalue weighted by atomic mass is 10.1. The molecule has 0 fully saturated rings. The molecule has 5 heteroatoms. The molecule has 0 saturated carbocycles. The zero-order chi connectivity index (χ0) is 18.5. The third-order valence-electron chi connectivity index (χ3n) is 4.05. The van der Waals surface area contributed by atoms with E-state index in [1.807, 2.05) is 6.92 Å². The first-order valence-corrected chi connectivity index (χ1v) is 9.45. The van der Waals surface area contributed by atoms with Crippen molar-refractivity contribution >= 4 is 5.96 Å². The fourth-order valence-electron chi connectivity index (χ4n) is 2.66. The Morgan fingerprint density at radius 2 is 1.84 bits per heavy atom. The Bertz CT molecular complexity index is 502. The van der Waals surface area contributed by atoms with Gasteiger partial charge in [0.15, 0.2) is 5.96 Å². The summed E-state index contributed by atoms with van der Waals surface area (Å²) >= 11 is 0. The van der Waals surface area contributed by atoms with E-state index < -0.39 is 0 Å². The summed E-state index contributed by atoms with van der Waals surface area (Å²) in [6.45, 7) is 10.4. The summed E-state index contributed by atoms with van der Waals surface area (Å²) in [6.07, 6.45) is 2.23. The summed E-state index contributed by atoms with van der Waals surface area (Å²) in [4.78, 5) is 6.94. The largest absolute Gasteiger partial charge is 0.377 e. The van der Waals surface area contributed by atoms with Crippen molar-refractivity contribution in [2.24, 2.45) is 4.99 Å². The van der Waals surface area contributed by atoms with Crippen LogP contribution in [0.2, 0.25) is 0 Å². The zero-order valence-electron chi connectivity index (χ0n) is 16.6. The number of nitrogens with zero attached hydrogens (tertiary/aromatic N) is 2. The maximum absolute atomic E-state index is 5.85. The summed E-state index contributed by atoms with van der Waals surface area (Å²) in [5.41, 5.74) is 2.65. The summed E-state index contributed by atoms with van der Waals surface area (Å²) < 4.78 is 5.85. The Hall–Kier alpha value is -1.59. The molecule has 1 atom stereocenters. The van der Waals surface area contributed by atoms with E-state index in [2.05, 4.69) is 67.7 Å². The Morgan fingerprint density at radius 3 is 2.44 bits per heavy atom. The molecular formula is C20H36N4O. The summed E-state index contributed by atoms with van der Waals surface area (Å²) in [5.74, 6) is 0.850. The highest BCUT2D eigenvalue weighted by molar-refractivity contribution is 5.79. The molecule has 0 aliphatic carbocycles. The maximum Gasteiger partial charge on any atom is 0.191 e. The van der Waals surface area contributed by atoms with Crippen molar-refractivity contribution in [1.82, 2.24) is 15.5 Å². The molecule has 0 aliphatic heterocycles. The Morgan fingerprint density at radius 1 is 1.12 bits per heavy atom. The minimum atomic E-state index is 0.194. The van der Waals surface area contributed by atoms with Crippen molar-refractivity contribution in [2.75, 3.05) is 40.3 Å². The molecule has 5 nitrogen and oxygen atoms in total. The molecule has 25 heavy (non-hydrogen) atoms. The number of rotatable bonds is 11. The predicted octanol–water partition coefficient (Wildman–Crippen LogP) is 2.66. The van der Waals surface area contributed by atoms with Crippen molar-refractivity contribution in [1.29, 1.82) is 0 Å². The van der Waals surface area contributed by atoms with Gasteiger partial charge >= 0.3 is 0 Å². The van der Waals surface area contributed by atoms with Crippen LogP contribution in [0.4, 0.5) is 0 Å². The normalized spacial score (nSPS) is 13.1. The van der Waals surface area contributed by atoms with Gasteiger partial charge in [0.2, 0.25) is 0 Å². The van der Waals surface area contributed by atoms with Gasteiger partial charge in [-0.1, -0.05) is 31.2 Å². The van der Waals surface area contributed by atoms with Gasteiger partial charge in [0.25, 0.3) is 0 Å². The number of hydrogen-bond acceptors (Lipinski definition) is 3. The van der Waals surface area contributed by atoms with Gasteiger partial charge in [-0.3, -0.25) is 0 Å². The molecule has 2 N–H and O–H groups in total. The van der Waals surface area contributed by atoms with Crippen LogP contribution in [0, 0.1) is 0 Å². The molecule has 0 bridgehead atoms. The quantitative estimate of drug-likeness (QED) is 0.477. The van der Waals surface area contributed by atoms with Crippen molar-refractivity contribution in [3.8, 4) is 0 Å². The summed E-state index contributed by atoms with van der Waals surface area (Å²) in [7, 11) is 4.18. The third-order valence-corrected chi connectivity index (χ3v) is 4.05. The lowest BCUT2D eigenvalue weighted by Crippen LogP contribution is -2.42. The van der Waals surface area contributed by atoms with Crippen LogP contribution in [0.5, 0.6) is 0 Å². The molecule has 0 amide bonds. The molecule has 0 aliphatic rings. The second kappa shape index (κ2) is 12.7. The van der Waals surface area contributed by atoms with Crippen molar-refractivity contribution in [2.45, 2.75) is 46.3 Å². The molecule has 0 aromatic heterocycles. The van der Waals surface area contributed by atoms with E-state index in [1.54, 1.807) is 0 Å². The number of ether oxygens (including phenoxy) is 1. The van der Waals surface area contributed by atoms with Crippen molar-refractivity contribution in [3.63, 3.8) is 0 Å². The maximum atomic E-state index is 5.85. The Balaban J connectivity index is 2.64. The van der Waals surface area contributed by atoms with E-state index in [0.717, 1.165) is 45.0 Å². The number of guanidine groups is 1. The van der Waals surface area contributed by atoms with Crippen molar-refractivity contribution in [3.05, 3.63) is 35.4 Å². The molecule has 0 spiro atoms. The second-order valence-electron chi connectivity index (χ2n) is 6.37. The molecule has 1 aromatic rings. The number of aryl methyl sites for hydroxylation is 1. The lowest BCUT2D eigenvalue weighted by Gasteiger charge is -2.21. The Labute approximate surface area is 153 Å². The number of benzene rings is 1. The van der Waals surface area contributed by atoms with Gasteiger partial charge in [0, 0.05) is 26.2 Å². The van der Waals surface area contributed by atoms with E-state index in [0.29, 0.717) is 6.54 Å². The predicted molar refractivity (Wildman–Crippen MR) is 107 cm³/mol. The minimum Gasteiger partial charge on any atom is -0.377 e. The molecule has 1 aromatic carbocycles. The molecule has 0 saturated heterocycles. The van der Waals surface area contributed by atoms with Gasteiger partial charge in [0.1, 0.15) is 0 Å². The average Bonchev–Trinajstić information content (AvgIpc) is 2.61. The van der Waals surface area contributed by atoms with Crippen LogP contribution >= 0.6 is 0 Å². The van der Waals surface area contributed by atoms with Gasteiger partial charge in [0.05, 0.1) is 12.6 Å². The fourth-order valence-corrected chi connectivity index (χ4v) is 2.66. The first-order chi connectivity index (χ1) is 12.1. The van der Waals surface area contributed by atoms with E-state index in [-0.39, 0.29) is 6.10 Å². The highest BCUT2D eigenvalue weighted by Gasteiger charge is 2.10. The number of aliphatic imine (C=N–C) groups is 1. The van der Waals surface area contributed by atoms with Crippen LogP contribution < -0.4 is 10.6 Å². The van der Waals surface area contributed by atoms with Gasteiger partial charge in [-0.25, -0.2) is 4.99 Å². The van der Waals surface area contributed by atoms with Crippen LogP contribution in [0.25, 0.3) is 0 Å². The minimum absolute atomic E-state index is 0.194. The monoisotopic (exact) mass is 348 g/mol. The lowest BCUT2D eigenvalue weighted by molar-refractivity contribution is 0.0548. The summed E-state index contributed by atoms with van der Waals surface area (Å²) in [6, 6.07) is 8.51. The van der Waals surface area contributed by atoms with Gasteiger partial charge < -0.3 is 20.3 Å². The van der Waals surface area contributed by atoms with E-state index in [4.69, 9.17) is 9.73 Å². The SMILES string of the molecule is CCNC(=NCc1ccccc1CC)NCC(CCN(C)C)OCC. The molecule has 0 heterocycles. The van der Waals surface area contributed by atoms with E-state index in [9.17, 15) is 0 Å². The smallest absolute Gasteiger partial charge is 0.191 e. The topological polar surface area (TPSA) is 48.9 Å². The zero-order valence-corrected chi connectivity index (χ0v) is 16.6.